The second-order valence-corrected chi connectivity index (χ2v) is 4.25. The molecule has 0 rings (SSSR count). The molecule has 0 atom stereocenters. The van der Waals surface area contributed by atoms with Gasteiger partial charge in [-0.3, -0.25) is 0 Å². The lowest BCUT2D eigenvalue weighted by molar-refractivity contribution is 1.58. The normalized spacial score (nSPS) is 6.60. The zero-order valence-electron chi connectivity index (χ0n) is 9.23. The Balaban J connectivity index is -0.000000147. The predicted octanol–water partition coefficient (Wildman–Crippen LogP) is 5.91. The molecule has 0 amide bonds. The molecule has 0 bridgehead atoms. The molecular weight excluding hydrogens is 316 g/mol. The summed E-state index contributed by atoms with van der Waals surface area (Å²) >= 11 is 6.20. The first kappa shape index (κ1) is 19.9. The van der Waals surface area contributed by atoms with Crippen LogP contribution in [0.5, 0.6) is 0 Å². The Kier molecular flexibility index (Phi) is 21.0. The molecule has 0 aliphatic rings. The van der Waals surface area contributed by atoms with Gasteiger partial charge in [0.25, 0.3) is 0 Å². The molecule has 15 heavy (non-hydrogen) atoms. The van der Waals surface area contributed by atoms with Crippen LogP contribution >= 0.6 is 31.9 Å². The van der Waals surface area contributed by atoms with Gasteiger partial charge in [-0.05, 0) is 6.92 Å². The van der Waals surface area contributed by atoms with E-state index in [4.69, 9.17) is 0 Å². The summed E-state index contributed by atoms with van der Waals surface area (Å²) in [6.07, 6.45) is 5.00. The van der Waals surface area contributed by atoms with Crippen molar-refractivity contribution in [2.45, 2.75) is 6.92 Å². The van der Waals surface area contributed by atoms with Gasteiger partial charge >= 0.3 is 0 Å². The molecule has 0 N–H and O–H groups in total. The zero-order chi connectivity index (χ0) is 12.9. The van der Waals surface area contributed by atoms with Gasteiger partial charge in [0, 0.05) is 8.96 Å². The smallest absolute Gasteiger partial charge is 0.0239 e. The zero-order valence-corrected chi connectivity index (χ0v) is 12.4. The largest absolute Gasteiger partial charge is 0.0991 e. The van der Waals surface area contributed by atoms with Crippen LogP contribution in [0.25, 0.3) is 0 Å². The number of halogens is 2. The fraction of sp³-hybridized carbons (Fsp3) is 0.0769. The minimum absolute atomic E-state index is 0.794. The molecule has 0 unspecified atom stereocenters. The van der Waals surface area contributed by atoms with Crippen molar-refractivity contribution in [3.8, 4) is 0 Å². The minimum atomic E-state index is 0.794. The van der Waals surface area contributed by atoms with E-state index in [1.54, 1.807) is 18.2 Å². The van der Waals surface area contributed by atoms with Gasteiger partial charge in [0.05, 0.1) is 0 Å². The first-order valence-corrected chi connectivity index (χ1v) is 5.62. The summed E-state index contributed by atoms with van der Waals surface area (Å²) in [6, 6.07) is 0. The Morgan fingerprint density at radius 1 is 0.867 bits per heavy atom. The number of hydrogen-bond acceptors (Lipinski definition) is 0. The standard InChI is InChI=1S/C5H8.C4H4Br2.C4H6/c1-4-5(2)3;1-3(5)4(2)6;1-3-4-2/h4H,1-2H2,3H3;1-2H2;3-4H,1-2H2. The Morgan fingerprint density at radius 3 is 1.07 bits per heavy atom. The molecule has 0 aliphatic carbocycles. The van der Waals surface area contributed by atoms with E-state index in [0.29, 0.717) is 0 Å². The van der Waals surface area contributed by atoms with Gasteiger partial charge < -0.3 is 0 Å². The van der Waals surface area contributed by atoms with Gasteiger partial charge in [-0.1, -0.05) is 95.1 Å². The third-order valence-corrected chi connectivity index (χ3v) is 2.30. The van der Waals surface area contributed by atoms with Crippen LogP contribution in [0.4, 0.5) is 0 Å². The maximum atomic E-state index is 3.56. The summed E-state index contributed by atoms with van der Waals surface area (Å²) in [6.45, 7) is 22.7. The van der Waals surface area contributed by atoms with E-state index in [1.165, 1.54) is 0 Å². The fourth-order valence-corrected chi connectivity index (χ4v) is 0. The van der Waals surface area contributed by atoms with Crippen molar-refractivity contribution in [2.24, 2.45) is 0 Å². The average Bonchev–Trinajstić information content (AvgIpc) is 2.19. The Hall–Kier alpha value is -0.600. The second kappa shape index (κ2) is 15.9. The van der Waals surface area contributed by atoms with E-state index in [2.05, 4.69) is 71.3 Å². The Bertz CT molecular complexity index is 229. The van der Waals surface area contributed by atoms with Gasteiger partial charge in [-0.2, -0.15) is 0 Å². The lowest BCUT2D eigenvalue weighted by Crippen LogP contribution is -1.55. The molecule has 0 saturated carbocycles. The maximum Gasteiger partial charge on any atom is 0.0239 e. The summed E-state index contributed by atoms with van der Waals surface area (Å²) in [5.41, 5.74) is 1.02. The van der Waals surface area contributed by atoms with Crippen LogP contribution in [0.2, 0.25) is 0 Å². The lowest BCUT2D eigenvalue weighted by atomic mass is 10.4. The molecule has 0 fully saturated rings. The molecule has 0 saturated heterocycles. The highest BCUT2D eigenvalue weighted by molar-refractivity contribution is 9.15. The molecule has 0 aromatic heterocycles. The molecule has 0 aromatic rings. The van der Waals surface area contributed by atoms with Crippen molar-refractivity contribution in [3.63, 3.8) is 0 Å². The number of hydrogen-bond donors (Lipinski definition) is 0. The third-order valence-electron chi connectivity index (χ3n) is 0.809. The quantitative estimate of drug-likeness (QED) is 0.563. The van der Waals surface area contributed by atoms with Crippen LogP contribution in [-0.2, 0) is 0 Å². The minimum Gasteiger partial charge on any atom is -0.0991 e. The van der Waals surface area contributed by atoms with E-state index in [1.807, 2.05) is 6.92 Å². The van der Waals surface area contributed by atoms with Gasteiger partial charge in [0.1, 0.15) is 0 Å². The van der Waals surface area contributed by atoms with Crippen LogP contribution in [-0.4, -0.2) is 0 Å². The SMILES string of the molecule is C=C(Br)C(=C)Br.C=CC(=C)C.C=CC=C. The molecule has 0 aromatic carbocycles. The topological polar surface area (TPSA) is 0 Å². The first-order valence-electron chi connectivity index (χ1n) is 4.04. The highest BCUT2D eigenvalue weighted by Crippen LogP contribution is 2.17. The van der Waals surface area contributed by atoms with Gasteiger partial charge in [-0.25, -0.2) is 0 Å². The lowest BCUT2D eigenvalue weighted by Gasteiger charge is -1.83. The molecule has 0 spiro atoms. The predicted molar refractivity (Wildman–Crippen MR) is 81.5 cm³/mol. The van der Waals surface area contributed by atoms with E-state index in [0.717, 1.165) is 14.5 Å². The molecule has 0 heterocycles. The van der Waals surface area contributed by atoms with Crippen LogP contribution < -0.4 is 0 Å². The fourth-order valence-electron chi connectivity index (χ4n) is 0. The summed E-state index contributed by atoms with van der Waals surface area (Å²) in [4.78, 5) is 0. The Morgan fingerprint density at radius 2 is 1.07 bits per heavy atom. The summed E-state index contributed by atoms with van der Waals surface area (Å²) in [7, 11) is 0. The average molecular weight is 334 g/mol. The van der Waals surface area contributed by atoms with Crippen LogP contribution in [0, 0.1) is 0 Å². The van der Waals surface area contributed by atoms with Crippen molar-refractivity contribution < 1.29 is 0 Å². The third kappa shape index (κ3) is 42.5. The van der Waals surface area contributed by atoms with Gasteiger partial charge in [0.15, 0.2) is 0 Å². The summed E-state index contributed by atoms with van der Waals surface area (Å²) < 4.78 is 1.59. The van der Waals surface area contributed by atoms with E-state index in [-0.39, 0.29) is 0 Å². The van der Waals surface area contributed by atoms with Crippen molar-refractivity contribution in [3.05, 3.63) is 72.2 Å². The summed E-state index contributed by atoms with van der Waals surface area (Å²) in [5.74, 6) is 0. The molecule has 0 aliphatic heterocycles. The van der Waals surface area contributed by atoms with E-state index in [9.17, 15) is 0 Å². The van der Waals surface area contributed by atoms with Crippen molar-refractivity contribution in [1.82, 2.24) is 0 Å². The molecular formula is C13H18Br2. The van der Waals surface area contributed by atoms with Crippen molar-refractivity contribution in [2.75, 3.05) is 0 Å². The van der Waals surface area contributed by atoms with Crippen molar-refractivity contribution >= 4 is 31.9 Å². The highest BCUT2D eigenvalue weighted by atomic mass is 79.9. The highest BCUT2D eigenvalue weighted by Gasteiger charge is 1.82. The number of rotatable bonds is 3. The molecule has 0 nitrogen and oxygen atoms in total. The Labute approximate surface area is 111 Å². The van der Waals surface area contributed by atoms with E-state index >= 15 is 0 Å². The first-order chi connectivity index (χ1) is 6.83. The number of allylic oxidation sites excluding steroid dienone is 6. The van der Waals surface area contributed by atoms with Gasteiger partial charge in [0.2, 0.25) is 0 Å². The van der Waals surface area contributed by atoms with Crippen LogP contribution in [0.3, 0.4) is 0 Å². The van der Waals surface area contributed by atoms with Gasteiger partial charge in [-0.15, -0.1) is 0 Å². The van der Waals surface area contributed by atoms with Crippen molar-refractivity contribution in [1.29, 1.82) is 0 Å². The molecule has 84 valence electrons. The monoisotopic (exact) mass is 332 g/mol. The van der Waals surface area contributed by atoms with Crippen LogP contribution in [0.1, 0.15) is 6.92 Å². The molecule has 2 heteroatoms. The second-order valence-electron chi connectivity index (χ2n) is 2.33. The summed E-state index contributed by atoms with van der Waals surface area (Å²) in [5, 5.41) is 0. The van der Waals surface area contributed by atoms with E-state index < -0.39 is 0 Å². The molecule has 0 radical (unpaired) electrons. The van der Waals surface area contributed by atoms with Crippen LogP contribution in [0.15, 0.2) is 72.2 Å². The maximum absolute atomic E-state index is 3.56.